The number of aromatic nitrogens is 4. The molecule has 6 nitrogen and oxygen atoms in total. The number of benzene rings is 1. The second-order valence-electron chi connectivity index (χ2n) is 3.29. The van der Waals surface area contributed by atoms with Crippen LogP contribution in [0.4, 0.5) is 5.69 Å². The number of anilines is 1. The van der Waals surface area contributed by atoms with Gasteiger partial charge in [0.2, 0.25) is 5.82 Å². The van der Waals surface area contributed by atoms with Gasteiger partial charge in [-0.2, -0.15) is 10.5 Å². The molecule has 0 amide bonds. The Kier molecular flexibility index (Phi) is 4.22. The van der Waals surface area contributed by atoms with Gasteiger partial charge in [-0.1, -0.05) is 34.8 Å². The van der Waals surface area contributed by atoms with E-state index in [1.54, 1.807) is 0 Å². The van der Waals surface area contributed by atoms with Gasteiger partial charge in [0, 0.05) is 11.2 Å². The number of H-pyrrole nitrogens is 1. The Morgan fingerprint density at radius 1 is 1.32 bits per heavy atom. The Morgan fingerprint density at radius 2 is 2.00 bits per heavy atom. The summed E-state index contributed by atoms with van der Waals surface area (Å²) in [6, 6.07) is 4.99. The SMILES string of the molecule is N#CC(=CNc1c(Cl)cc(Cl)cc1Cl)c1nn[nH]n1. The largest absolute Gasteiger partial charge is 0.358 e. The van der Waals surface area contributed by atoms with Crippen molar-refractivity contribution in [3.05, 3.63) is 39.2 Å². The molecule has 2 N–H and O–H groups in total. The van der Waals surface area contributed by atoms with Crippen LogP contribution in [0.3, 0.4) is 0 Å². The Bertz CT molecular complexity index is 635. The highest BCUT2D eigenvalue weighted by Gasteiger charge is 2.09. The molecule has 1 heterocycles. The average molecular weight is 316 g/mol. The first-order chi connectivity index (χ1) is 9.11. The second-order valence-corrected chi connectivity index (χ2v) is 4.54. The molecule has 0 saturated heterocycles. The number of allylic oxidation sites excluding steroid dienone is 1. The maximum Gasteiger partial charge on any atom is 0.216 e. The van der Waals surface area contributed by atoms with Gasteiger partial charge in [0.15, 0.2) is 0 Å². The molecule has 0 fully saturated rings. The Balaban J connectivity index is 2.30. The predicted octanol–water partition coefficient (Wildman–Crippen LogP) is 3.14. The molecule has 0 aliphatic carbocycles. The summed E-state index contributed by atoms with van der Waals surface area (Å²) in [5, 5.41) is 25.9. The minimum absolute atomic E-state index is 0.163. The Morgan fingerprint density at radius 3 is 2.53 bits per heavy atom. The van der Waals surface area contributed by atoms with Crippen LogP contribution in [-0.4, -0.2) is 20.6 Å². The zero-order valence-electron chi connectivity index (χ0n) is 9.15. The molecule has 0 radical (unpaired) electrons. The molecule has 2 aromatic rings. The summed E-state index contributed by atoms with van der Waals surface area (Å²) in [5.74, 6) is 0.163. The van der Waals surface area contributed by atoms with E-state index in [2.05, 4.69) is 25.9 Å². The third-order valence-corrected chi connectivity index (χ3v) is 2.89. The molecule has 0 aliphatic rings. The van der Waals surface area contributed by atoms with Gasteiger partial charge in [0.25, 0.3) is 0 Å². The van der Waals surface area contributed by atoms with E-state index >= 15 is 0 Å². The van der Waals surface area contributed by atoms with E-state index in [1.807, 2.05) is 6.07 Å². The van der Waals surface area contributed by atoms with Crippen molar-refractivity contribution < 1.29 is 0 Å². The highest BCUT2D eigenvalue weighted by Crippen LogP contribution is 2.33. The van der Waals surface area contributed by atoms with Crippen LogP contribution in [0.15, 0.2) is 18.3 Å². The zero-order chi connectivity index (χ0) is 13.8. The molecule has 2 rings (SSSR count). The van der Waals surface area contributed by atoms with Gasteiger partial charge in [-0.05, 0) is 17.3 Å². The Hall–Kier alpha value is -1.81. The molecule has 0 unspecified atom stereocenters. The van der Waals surface area contributed by atoms with E-state index < -0.39 is 0 Å². The maximum absolute atomic E-state index is 8.99. The van der Waals surface area contributed by atoms with Crippen LogP contribution in [0.5, 0.6) is 0 Å². The van der Waals surface area contributed by atoms with Gasteiger partial charge < -0.3 is 5.32 Å². The van der Waals surface area contributed by atoms with Crippen molar-refractivity contribution in [3.63, 3.8) is 0 Å². The van der Waals surface area contributed by atoms with Crippen LogP contribution in [-0.2, 0) is 0 Å². The molecule has 0 atom stereocenters. The zero-order valence-corrected chi connectivity index (χ0v) is 11.4. The van der Waals surface area contributed by atoms with Crippen LogP contribution in [0.1, 0.15) is 5.82 Å². The van der Waals surface area contributed by atoms with Crippen molar-refractivity contribution in [1.29, 1.82) is 5.26 Å². The first kappa shape index (κ1) is 13.6. The molecule has 9 heteroatoms. The van der Waals surface area contributed by atoms with Crippen molar-refractivity contribution >= 4 is 46.1 Å². The van der Waals surface area contributed by atoms with Gasteiger partial charge in [-0.25, -0.2) is 0 Å². The number of hydrogen-bond acceptors (Lipinski definition) is 5. The fraction of sp³-hybridized carbons (Fsp3) is 0. The first-order valence-corrected chi connectivity index (χ1v) is 6.00. The molecule has 19 heavy (non-hydrogen) atoms. The normalized spacial score (nSPS) is 11.2. The van der Waals surface area contributed by atoms with Crippen molar-refractivity contribution in [2.45, 2.75) is 0 Å². The van der Waals surface area contributed by atoms with Crippen LogP contribution in [0, 0.1) is 11.3 Å². The fourth-order valence-electron chi connectivity index (χ4n) is 1.25. The molecule has 1 aromatic carbocycles. The van der Waals surface area contributed by atoms with Crippen molar-refractivity contribution in [3.8, 4) is 6.07 Å². The minimum atomic E-state index is 0.163. The number of hydrogen-bond donors (Lipinski definition) is 2. The maximum atomic E-state index is 8.99. The summed E-state index contributed by atoms with van der Waals surface area (Å²) >= 11 is 17.8. The summed E-state index contributed by atoms with van der Waals surface area (Å²) in [7, 11) is 0. The van der Waals surface area contributed by atoms with E-state index in [4.69, 9.17) is 40.1 Å². The topological polar surface area (TPSA) is 90.3 Å². The molecular weight excluding hydrogens is 311 g/mol. The number of nitriles is 1. The van der Waals surface area contributed by atoms with Crippen molar-refractivity contribution in [2.75, 3.05) is 5.32 Å². The Labute approximate surface area is 123 Å². The van der Waals surface area contributed by atoms with E-state index in [9.17, 15) is 0 Å². The van der Waals surface area contributed by atoms with Crippen molar-refractivity contribution in [2.24, 2.45) is 0 Å². The first-order valence-electron chi connectivity index (χ1n) is 4.87. The third kappa shape index (κ3) is 3.15. The van der Waals surface area contributed by atoms with Gasteiger partial charge in [0.1, 0.15) is 11.6 Å². The highest BCUT2D eigenvalue weighted by atomic mass is 35.5. The monoisotopic (exact) mass is 314 g/mol. The van der Waals surface area contributed by atoms with E-state index in [1.165, 1.54) is 18.3 Å². The van der Waals surface area contributed by atoms with E-state index in [-0.39, 0.29) is 11.4 Å². The van der Waals surface area contributed by atoms with Gasteiger partial charge in [0.05, 0.1) is 15.7 Å². The molecule has 0 aliphatic heterocycles. The lowest BCUT2D eigenvalue weighted by Gasteiger charge is -2.07. The van der Waals surface area contributed by atoms with Gasteiger partial charge in [-0.3, -0.25) is 0 Å². The molecule has 1 aromatic heterocycles. The molecule has 0 saturated carbocycles. The lowest BCUT2D eigenvalue weighted by Crippen LogP contribution is -1.94. The second kappa shape index (κ2) is 5.89. The standard InChI is InChI=1S/C10H5Cl3N6/c11-6-1-7(12)9(8(13)2-6)15-4-5(3-14)10-16-18-19-17-10/h1-2,4,15H,(H,16,17,18,19). The number of halogens is 3. The highest BCUT2D eigenvalue weighted by molar-refractivity contribution is 6.41. The van der Waals surface area contributed by atoms with E-state index in [0.29, 0.717) is 20.8 Å². The van der Waals surface area contributed by atoms with Gasteiger partial charge in [-0.15, -0.1) is 10.2 Å². The summed E-state index contributed by atoms with van der Waals surface area (Å²) < 4.78 is 0. The van der Waals surface area contributed by atoms with Crippen LogP contribution < -0.4 is 5.32 Å². The molecule has 96 valence electrons. The summed E-state index contributed by atoms with van der Waals surface area (Å²) in [6.07, 6.45) is 1.38. The lowest BCUT2D eigenvalue weighted by atomic mass is 10.3. The number of aromatic amines is 1. The number of rotatable bonds is 3. The van der Waals surface area contributed by atoms with Crippen LogP contribution in [0.2, 0.25) is 15.1 Å². The van der Waals surface area contributed by atoms with E-state index in [0.717, 1.165) is 0 Å². The predicted molar refractivity (Wildman–Crippen MR) is 72.9 cm³/mol. The average Bonchev–Trinajstić information content (AvgIpc) is 2.86. The number of nitrogens with zero attached hydrogens (tertiary/aromatic N) is 4. The molecule has 0 spiro atoms. The number of nitrogens with one attached hydrogen (secondary N) is 2. The fourth-order valence-corrected chi connectivity index (χ4v) is 2.17. The smallest absolute Gasteiger partial charge is 0.216 e. The van der Waals surface area contributed by atoms with Crippen LogP contribution >= 0.6 is 34.8 Å². The quantitative estimate of drug-likeness (QED) is 0.849. The van der Waals surface area contributed by atoms with Crippen molar-refractivity contribution in [1.82, 2.24) is 20.6 Å². The summed E-state index contributed by atoms with van der Waals surface area (Å²) in [4.78, 5) is 0. The summed E-state index contributed by atoms with van der Waals surface area (Å²) in [6.45, 7) is 0. The molecular formula is C10H5Cl3N6. The van der Waals surface area contributed by atoms with Crippen LogP contribution in [0.25, 0.3) is 5.57 Å². The minimum Gasteiger partial charge on any atom is -0.358 e. The lowest BCUT2D eigenvalue weighted by molar-refractivity contribution is 0.881. The summed E-state index contributed by atoms with van der Waals surface area (Å²) in [5.41, 5.74) is 0.611. The molecule has 0 bridgehead atoms. The number of tetrazole rings is 1. The van der Waals surface area contributed by atoms with Gasteiger partial charge >= 0.3 is 0 Å². The third-order valence-electron chi connectivity index (χ3n) is 2.07.